The molecule has 0 spiro atoms. The summed E-state index contributed by atoms with van der Waals surface area (Å²) in [6.07, 6.45) is 2.66. The fraction of sp³-hybridized carbons (Fsp3) is 0.429. The van der Waals surface area contributed by atoms with Gasteiger partial charge in [0.15, 0.2) is 5.82 Å². The van der Waals surface area contributed by atoms with Crippen LogP contribution in [-0.2, 0) is 11.8 Å². The highest BCUT2D eigenvalue weighted by molar-refractivity contribution is 5.95. The average molecular weight is 288 g/mol. The Morgan fingerprint density at radius 3 is 2.95 bits per heavy atom. The predicted octanol–water partition coefficient (Wildman–Crippen LogP) is 1.33. The molecule has 2 aromatic rings. The Balaban J connectivity index is 2.08. The van der Waals surface area contributed by atoms with Gasteiger partial charge >= 0.3 is 0 Å². The van der Waals surface area contributed by atoms with E-state index in [0.29, 0.717) is 17.9 Å². The summed E-state index contributed by atoms with van der Waals surface area (Å²) in [5, 5.41) is 14.2. The average Bonchev–Trinajstić information content (AvgIpc) is 2.91. The summed E-state index contributed by atoms with van der Waals surface area (Å²) in [6.45, 7) is 2.07. The third-order valence-corrected chi connectivity index (χ3v) is 3.21. The minimum Gasteiger partial charge on any atom is -0.325 e. The molecule has 1 amide bonds. The molecule has 112 valence electrons. The molecule has 1 atom stereocenters. The predicted molar refractivity (Wildman–Crippen MR) is 80.4 cm³/mol. The normalized spacial score (nSPS) is 12.1. The summed E-state index contributed by atoms with van der Waals surface area (Å²) in [6, 6.07) is 6.90. The Kier molecular flexibility index (Phi) is 4.99. The van der Waals surface area contributed by atoms with Crippen LogP contribution in [0.1, 0.15) is 26.2 Å². The highest BCUT2D eigenvalue weighted by atomic mass is 16.2. The zero-order valence-electron chi connectivity index (χ0n) is 12.3. The van der Waals surface area contributed by atoms with Crippen LogP contribution in [0.15, 0.2) is 24.3 Å². The highest BCUT2D eigenvalue weighted by Gasteiger charge is 2.13. The van der Waals surface area contributed by atoms with Crippen molar-refractivity contribution in [2.75, 3.05) is 5.32 Å². The molecule has 2 rings (SSSR count). The minimum atomic E-state index is -0.481. The number of aromatic nitrogens is 4. The van der Waals surface area contributed by atoms with Gasteiger partial charge in [0, 0.05) is 18.3 Å². The minimum absolute atomic E-state index is 0.170. The van der Waals surface area contributed by atoms with E-state index in [1.165, 1.54) is 0 Å². The number of aryl methyl sites for hydroxylation is 1. The Bertz CT molecular complexity index is 609. The number of amides is 1. The van der Waals surface area contributed by atoms with E-state index in [4.69, 9.17) is 5.73 Å². The number of benzene rings is 1. The Morgan fingerprint density at radius 2 is 2.29 bits per heavy atom. The van der Waals surface area contributed by atoms with E-state index in [2.05, 4.69) is 27.8 Å². The van der Waals surface area contributed by atoms with Gasteiger partial charge in [0.1, 0.15) is 0 Å². The number of nitrogens with zero attached hydrogens (tertiary/aromatic N) is 4. The second-order valence-electron chi connectivity index (χ2n) is 4.94. The third-order valence-electron chi connectivity index (χ3n) is 3.21. The van der Waals surface area contributed by atoms with Crippen molar-refractivity contribution in [3.63, 3.8) is 0 Å². The van der Waals surface area contributed by atoms with Crippen molar-refractivity contribution in [1.82, 2.24) is 20.2 Å². The lowest BCUT2D eigenvalue weighted by Gasteiger charge is -2.12. The molecule has 0 fully saturated rings. The first-order valence-electron chi connectivity index (χ1n) is 7.01. The summed E-state index contributed by atoms with van der Waals surface area (Å²) >= 11 is 0. The van der Waals surface area contributed by atoms with E-state index >= 15 is 0 Å². The Hall–Kier alpha value is -2.28. The number of tetrazole rings is 1. The van der Waals surface area contributed by atoms with Crippen LogP contribution in [0.5, 0.6) is 0 Å². The number of carbonyl (C=O) groups is 1. The first kappa shape index (κ1) is 15.1. The molecule has 1 heterocycles. The van der Waals surface area contributed by atoms with Gasteiger partial charge in [0.25, 0.3) is 0 Å². The summed E-state index contributed by atoms with van der Waals surface area (Å²) in [4.78, 5) is 12.0. The zero-order chi connectivity index (χ0) is 15.2. The number of rotatable bonds is 6. The van der Waals surface area contributed by atoms with Gasteiger partial charge in [0.05, 0.1) is 6.04 Å². The molecule has 21 heavy (non-hydrogen) atoms. The molecule has 0 saturated carbocycles. The number of hydrogen-bond acceptors (Lipinski definition) is 5. The third kappa shape index (κ3) is 3.85. The maximum Gasteiger partial charge on any atom is 0.241 e. The van der Waals surface area contributed by atoms with Gasteiger partial charge in [-0.3, -0.25) is 4.79 Å². The second-order valence-corrected chi connectivity index (χ2v) is 4.94. The lowest BCUT2D eigenvalue weighted by molar-refractivity contribution is -0.117. The molecule has 1 unspecified atom stereocenters. The van der Waals surface area contributed by atoms with Crippen LogP contribution in [0.4, 0.5) is 5.69 Å². The van der Waals surface area contributed by atoms with Crippen LogP contribution in [0.2, 0.25) is 0 Å². The van der Waals surface area contributed by atoms with Gasteiger partial charge in [-0.15, -0.1) is 5.10 Å². The standard InChI is InChI=1S/C14H20N6O/c1-3-4-8-12(15)14(21)16-11-7-5-6-10(9-11)13-17-18-19-20(13)2/h5-7,9,12H,3-4,8,15H2,1-2H3,(H,16,21). The van der Waals surface area contributed by atoms with Crippen molar-refractivity contribution in [3.05, 3.63) is 24.3 Å². The number of nitrogens with two attached hydrogens (primary N) is 1. The molecular weight excluding hydrogens is 268 g/mol. The number of nitrogens with one attached hydrogen (secondary N) is 1. The molecule has 0 saturated heterocycles. The van der Waals surface area contributed by atoms with Gasteiger partial charge in [-0.25, -0.2) is 4.68 Å². The van der Waals surface area contributed by atoms with E-state index in [9.17, 15) is 4.79 Å². The quantitative estimate of drug-likeness (QED) is 0.835. The first-order chi connectivity index (χ1) is 10.1. The highest BCUT2D eigenvalue weighted by Crippen LogP contribution is 2.19. The SMILES string of the molecule is CCCCC(N)C(=O)Nc1cccc(-c2nnnn2C)c1. The fourth-order valence-electron chi connectivity index (χ4n) is 2.00. The summed E-state index contributed by atoms with van der Waals surface area (Å²) in [7, 11) is 1.77. The Morgan fingerprint density at radius 1 is 1.48 bits per heavy atom. The van der Waals surface area contributed by atoms with Gasteiger partial charge in [-0.1, -0.05) is 31.9 Å². The molecule has 0 aliphatic rings. The van der Waals surface area contributed by atoms with E-state index in [1.54, 1.807) is 11.7 Å². The molecule has 0 radical (unpaired) electrons. The molecule has 7 nitrogen and oxygen atoms in total. The maximum atomic E-state index is 12.0. The fourth-order valence-corrected chi connectivity index (χ4v) is 2.00. The van der Waals surface area contributed by atoms with Crippen LogP contribution >= 0.6 is 0 Å². The van der Waals surface area contributed by atoms with Crippen molar-refractivity contribution in [2.45, 2.75) is 32.2 Å². The van der Waals surface area contributed by atoms with Crippen LogP contribution in [0.25, 0.3) is 11.4 Å². The monoisotopic (exact) mass is 288 g/mol. The molecule has 0 bridgehead atoms. The first-order valence-corrected chi connectivity index (χ1v) is 7.01. The van der Waals surface area contributed by atoms with Crippen molar-refractivity contribution >= 4 is 11.6 Å². The smallest absolute Gasteiger partial charge is 0.241 e. The van der Waals surface area contributed by atoms with Crippen molar-refractivity contribution in [3.8, 4) is 11.4 Å². The topological polar surface area (TPSA) is 98.7 Å². The lowest BCUT2D eigenvalue weighted by atomic mass is 10.1. The number of unbranched alkanes of at least 4 members (excludes halogenated alkanes) is 1. The van der Waals surface area contributed by atoms with Crippen LogP contribution in [0.3, 0.4) is 0 Å². The van der Waals surface area contributed by atoms with E-state index in [-0.39, 0.29) is 5.91 Å². The van der Waals surface area contributed by atoms with Crippen molar-refractivity contribution < 1.29 is 4.79 Å². The lowest BCUT2D eigenvalue weighted by Crippen LogP contribution is -2.35. The van der Waals surface area contributed by atoms with E-state index in [1.807, 2.05) is 24.3 Å². The number of anilines is 1. The number of hydrogen-bond donors (Lipinski definition) is 2. The van der Waals surface area contributed by atoms with E-state index < -0.39 is 6.04 Å². The number of carbonyl (C=O) groups excluding carboxylic acids is 1. The van der Waals surface area contributed by atoms with Gasteiger partial charge in [0.2, 0.25) is 5.91 Å². The second kappa shape index (κ2) is 6.94. The molecule has 1 aromatic carbocycles. The van der Waals surface area contributed by atoms with Gasteiger partial charge in [-0.05, 0) is 29.0 Å². The van der Waals surface area contributed by atoms with Gasteiger partial charge < -0.3 is 11.1 Å². The van der Waals surface area contributed by atoms with Crippen LogP contribution < -0.4 is 11.1 Å². The van der Waals surface area contributed by atoms with Crippen molar-refractivity contribution in [1.29, 1.82) is 0 Å². The van der Waals surface area contributed by atoms with Crippen LogP contribution in [0, 0.1) is 0 Å². The largest absolute Gasteiger partial charge is 0.325 e. The molecule has 3 N–H and O–H groups in total. The molecular formula is C14H20N6O. The molecule has 7 heteroatoms. The molecule has 1 aromatic heterocycles. The summed E-state index contributed by atoms with van der Waals surface area (Å²) in [5.41, 5.74) is 7.38. The Labute approximate surface area is 123 Å². The molecule has 0 aliphatic carbocycles. The summed E-state index contributed by atoms with van der Waals surface area (Å²) in [5.74, 6) is 0.470. The summed E-state index contributed by atoms with van der Waals surface area (Å²) < 4.78 is 1.58. The van der Waals surface area contributed by atoms with Crippen LogP contribution in [-0.4, -0.2) is 32.2 Å². The van der Waals surface area contributed by atoms with E-state index in [0.717, 1.165) is 18.4 Å². The van der Waals surface area contributed by atoms with Gasteiger partial charge in [-0.2, -0.15) is 0 Å². The zero-order valence-corrected chi connectivity index (χ0v) is 12.3. The van der Waals surface area contributed by atoms with Crippen molar-refractivity contribution in [2.24, 2.45) is 12.8 Å². The maximum absolute atomic E-state index is 12.0. The molecule has 0 aliphatic heterocycles.